The van der Waals surface area contributed by atoms with E-state index in [-0.39, 0.29) is 18.2 Å². The second-order valence-corrected chi connectivity index (χ2v) is 6.03. The van der Waals surface area contributed by atoms with Gasteiger partial charge in [0.2, 0.25) is 5.91 Å². The van der Waals surface area contributed by atoms with Gasteiger partial charge in [-0.05, 0) is 46.4 Å². The van der Waals surface area contributed by atoms with Crippen LogP contribution in [0.5, 0.6) is 0 Å². The van der Waals surface area contributed by atoms with Crippen molar-refractivity contribution in [3.63, 3.8) is 0 Å². The Bertz CT molecular complexity index is 736. The molecule has 2 aliphatic rings. The predicted octanol–water partition coefficient (Wildman–Crippen LogP) is 2.43. The summed E-state index contributed by atoms with van der Waals surface area (Å²) in [4.78, 5) is 36.8. The number of likely N-dealkylation sites (N-methyl/N-ethyl adjacent to an activating group) is 1. The maximum absolute atomic E-state index is 11.9. The van der Waals surface area contributed by atoms with Crippen LogP contribution in [-0.2, 0) is 14.4 Å². The molecule has 3 rings (SSSR count). The molecule has 2 amide bonds. The highest BCUT2D eigenvalue weighted by Gasteiger charge is 2.30. The first-order chi connectivity index (χ1) is 10.1. The fourth-order valence-electron chi connectivity index (χ4n) is 2.46. The molecule has 0 saturated carbocycles. The Hall–Kier alpha value is -2.27. The summed E-state index contributed by atoms with van der Waals surface area (Å²) >= 11 is 1.57. The lowest BCUT2D eigenvalue weighted by atomic mass is 10.0. The molecule has 106 valence electrons. The van der Waals surface area contributed by atoms with Crippen molar-refractivity contribution >= 4 is 41.6 Å². The van der Waals surface area contributed by atoms with E-state index < -0.39 is 0 Å². The number of carbonyl (C=O) groups excluding carboxylic acids is 3. The van der Waals surface area contributed by atoms with Crippen molar-refractivity contribution < 1.29 is 14.4 Å². The molecular weight excluding hydrogens is 286 g/mol. The lowest BCUT2D eigenvalue weighted by Gasteiger charge is -2.04. The van der Waals surface area contributed by atoms with Crippen LogP contribution in [0.1, 0.15) is 23.3 Å². The average molecular weight is 299 g/mol. The van der Waals surface area contributed by atoms with Crippen LogP contribution in [0.25, 0.3) is 12.2 Å². The Kier molecular flexibility index (Phi) is 3.43. The normalized spacial score (nSPS) is 20.2. The Labute approximate surface area is 126 Å². The Morgan fingerprint density at radius 1 is 1.19 bits per heavy atom. The zero-order valence-corrected chi connectivity index (χ0v) is 12.3. The molecule has 5 heteroatoms. The molecule has 1 aromatic rings. The third kappa shape index (κ3) is 2.52. The number of rotatable bonds is 2. The highest BCUT2D eigenvalue weighted by molar-refractivity contribution is 7.11. The molecule has 0 aromatic carbocycles. The first kappa shape index (κ1) is 13.7. The minimum absolute atomic E-state index is 0.128. The van der Waals surface area contributed by atoms with Gasteiger partial charge in [0.1, 0.15) is 6.29 Å². The van der Waals surface area contributed by atoms with Gasteiger partial charge in [0.15, 0.2) is 0 Å². The van der Waals surface area contributed by atoms with Crippen LogP contribution < -0.4 is 0 Å². The van der Waals surface area contributed by atoms with E-state index in [1.165, 1.54) is 7.05 Å². The van der Waals surface area contributed by atoms with E-state index in [0.717, 1.165) is 27.2 Å². The number of likely N-dealkylation sites (tertiary alicyclic amines) is 1. The highest BCUT2D eigenvalue weighted by Crippen LogP contribution is 2.30. The number of carbonyl (C=O) groups is 3. The zero-order valence-electron chi connectivity index (χ0n) is 11.5. The molecule has 0 N–H and O–H groups in total. The van der Waals surface area contributed by atoms with Crippen LogP contribution in [-0.4, -0.2) is 30.0 Å². The Morgan fingerprint density at radius 3 is 2.67 bits per heavy atom. The summed E-state index contributed by atoms with van der Waals surface area (Å²) in [5, 5.41) is 1.97. The number of hydrogen-bond donors (Lipinski definition) is 0. The molecular formula is C16H13NO3S. The third-order valence-electron chi connectivity index (χ3n) is 3.60. The minimum Gasteiger partial charge on any atom is -0.298 e. The van der Waals surface area contributed by atoms with Gasteiger partial charge < -0.3 is 0 Å². The SMILES string of the molecule is CN1C(=O)C/C(=C\C2=Cc3ccsc3C=C(C=O)C2)C1=O. The van der Waals surface area contributed by atoms with Crippen LogP contribution in [0.15, 0.2) is 34.2 Å². The van der Waals surface area contributed by atoms with E-state index in [0.29, 0.717) is 17.6 Å². The van der Waals surface area contributed by atoms with Gasteiger partial charge in [0.25, 0.3) is 5.91 Å². The monoisotopic (exact) mass is 299 g/mol. The van der Waals surface area contributed by atoms with Gasteiger partial charge in [-0.25, -0.2) is 0 Å². The van der Waals surface area contributed by atoms with Crippen molar-refractivity contribution in [1.29, 1.82) is 0 Å². The highest BCUT2D eigenvalue weighted by atomic mass is 32.1. The van der Waals surface area contributed by atoms with Crippen LogP contribution in [0.4, 0.5) is 0 Å². The van der Waals surface area contributed by atoms with Gasteiger partial charge in [0.05, 0.1) is 6.42 Å². The average Bonchev–Trinajstić information content (AvgIpc) is 2.93. The molecule has 0 spiro atoms. The number of allylic oxidation sites excluding steroid dienone is 3. The van der Waals surface area contributed by atoms with Crippen LogP contribution in [0, 0.1) is 0 Å². The minimum atomic E-state index is -0.257. The summed E-state index contributed by atoms with van der Waals surface area (Å²) in [5.41, 5.74) is 3.06. The van der Waals surface area contributed by atoms with E-state index in [9.17, 15) is 14.4 Å². The summed E-state index contributed by atoms with van der Waals surface area (Å²) < 4.78 is 0. The molecule has 0 atom stereocenters. The summed E-state index contributed by atoms with van der Waals surface area (Å²) in [6.07, 6.45) is 7.04. The van der Waals surface area contributed by atoms with Crippen molar-refractivity contribution in [2.24, 2.45) is 0 Å². The van der Waals surface area contributed by atoms with E-state index in [2.05, 4.69) is 0 Å². The maximum Gasteiger partial charge on any atom is 0.256 e. The summed E-state index contributed by atoms with van der Waals surface area (Å²) in [7, 11) is 1.49. The van der Waals surface area contributed by atoms with Crippen molar-refractivity contribution in [1.82, 2.24) is 4.90 Å². The van der Waals surface area contributed by atoms with Crippen LogP contribution >= 0.6 is 11.3 Å². The van der Waals surface area contributed by atoms with E-state index in [1.54, 1.807) is 17.4 Å². The van der Waals surface area contributed by atoms with Gasteiger partial charge in [-0.2, -0.15) is 0 Å². The summed E-state index contributed by atoms with van der Waals surface area (Å²) in [5.74, 6) is -0.449. The van der Waals surface area contributed by atoms with E-state index >= 15 is 0 Å². The molecule has 2 heterocycles. The van der Waals surface area contributed by atoms with Crippen molar-refractivity contribution in [3.05, 3.63) is 44.7 Å². The van der Waals surface area contributed by atoms with Crippen molar-refractivity contribution in [2.75, 3.05) is 7.05 Å². The summed E-state index contributed by atoms with van der Waals surface area (Å²) in [6, 6.07) is 1.98. The van der Waals surface area contributed by atoms with Crippen molar-refractivity contribution in [2.45, 2.75) is 12.8 Å². The van der Waals surface area contributed by atoms with Crippen molar-refractivity contribution in [3.8, 4) is 0 Å². The molecule has 4 nitrogen and oxygen atoms in total. The molecule has 21 heavy (non-hydrogen) atoms. The number of thiophene rings is 1. The van der Waals surface area contributed by atoms with Gasteiger partial charge in [-0.15, -0.1) is 11.3 Å². The molecule has 0 radical (unpaired) electrons. The number of amides is 2. The van der Waals surface area contributed by atoms with Crippen LogP contribution in [0.2, 0.25) is 0 Å². The standard InChI is InChI=1S/C16H13NO3S/c1-17-15(19)8-13(16(17)20)6-10-4-11(9-18)7-14-12(5-10)2-3-21-14/h2-3,5-7,9H,4,8H2,1H3/b13-6+. The second-order valence-electron chi connectivity index (χ2n) is 5.08. The van der Waals surface area contributed by atoms with E-state index in [1.807, 2.05) is 23.6 Å². The lowest BCUT2D eigenvalue weighted by Crippen LogP contribution is -2.23. The fraction of sp³-hybridized carbons (Fsp3) is 0.188. The van der Waals surface area contributed by atoms with Gasteiger partial charge >= 0.3 is 0 Å². The largest absolute Gasteiger partial charge is 0.298 e. The lowest BCUT2D eigenvalue weighted by molar-refractivity contribution is -0.135. The molecule has 1 aromatic heterocycles. The Morgan fingerprint density at radius 2 is 2.00 bits per heavy atom. The Balaban J connectivity index is 2.00. The third-order valence-corrected chi connectivity index (χ3v) is 4.48. The molecule has 1 aliphatic carbocycles. The second kappa shape index (κ2) is 5.26. The van der Waals surface area contributed by atoms with Gasteiger partial charge in [-0.1, -0.05) is 0 Å². The molecule has 1 fully saturated rings. The number of imide groups is 1. The maximum atomic E-state index is 11.9. The molecule has 1 aliphatic heterocycles. The quantitative estimate of drug-likeness (QED) is 0.479. The van der Waals surface area contributed by atoms with E-state index in [4.69, 9.17) is 0 Å². The smallest absolute Gasteiger partial charge is 0.256 e. The first-order valence-corrected chi connectivity index (χ1v) is 7.41. The number of nitrogens with zero attached hydrogens (tertiary/aromatic N) is 1. The van der Waals surface area contributed by atoms with Crippen LogP contribution in [0.3, 0.4) is 0 Å². The summed E-state index contributed by atoms with van der Waals surface area (Å²) in [6.45, 7) is 0. The zero-order chi connectivity index (χ0) is 15.0. The number of hydrogen-bond acceptors (Lipinski definition) is 4. The predicted molar refractivity (Wildman–Crippen MR) is 81.4 cm³/mol. The fourth-order valence-corrected chi connectivity index (χ4v) is 3.31. The van der Waals surface area contributed by atoms with Gasteiger partial charge in [-0.3, -0.25) is 19.3 Å². The van der Waals surface area contributed by atoms with Gasteiger partial charge in [0, 0.05) is 23.9 Å². The number of aldehydes is 1. The molecule has 1 saturated heterocycles. The first-order valence-electron chi connectivity index (χ1n) is 6.54. The molecule has 0 bridgehead atoms. The number of fused-ring (bicyclic) bond motifs is 1. The molecule has 0 unspecified atom stereocenters. The topological polar surface area (TPSA) is 54.5 Å².